The van der Waals surface area contributed by atoms with Crippen molar-refractivity contribution in [3.63, 3.8) is 0 Å². The monoisotopic (exact) mass is 464 g/mol. The van der Waals surface area contributed by atoms with Gasteiger partial charge in [0.15, 0.2) is 6.61 Å². The number of rotatable bonds is 9. The van der Waals surface area contributed by atoms with Gasteiger partial charge in [-0.2, -0.15) is 0 Å². The van der Waals surface area contributed by atoms with Crippen LogP contribution < -0.4 is 10.1 Å². The number of carbonyl (C=O) groups is 2. The second-order valence-electron chi connectivity index (χ2n) is 8.61. The summed E-state index contributed by atoms with van der Waals surface area (Å²) in [6, 6.07) is 13.8. The van der Waals surface area contributed by atoms with E-state index in [9.17, 15) is 9.59 Å². The lowest BCUT2D eigenvalue weighted by molar-refractivity contribution is -0.135. The fourth-order valence-corrected chi connectivity index (χ4v) is 4.07. The Morgan fingerprint density at radius 1 is 1.12 bits per heavy atom. The van der Waals surface area contributed by atoms with Crippen LogP contribution in [0.25, 0.3) is 11.0 Å². The predicted octanol–water partition coefficient (Wildman–Crippen LogP) is 2.64. The zero-order chi connectivity index (χ0) is 23.9. The average Bonchev–Trinajstić information content (AvgIpc) is 3.20. The molecule has 8 heteroatoms. The van der Waals surface area contributed by atoms with E-state index in [-0.39, 0.29) is 25.0 Å². The maximum Gasteiger partial charge on any atom is 0.257 e. The normalized spacial score (nSPS) is 13.8. The van der Waals surface area contributed by atoms with E-state index in [1.165, 1.54) is 0 Å². The van der Waals surface area contributed by atoms with Crippen molar-refractivity contribution in [2.75, 3.05) is 39.5 Å². The molecule has 180 valence electrons. The van der Waals surface area contributed by atoms with E-state index >= 15 is 0 Å². The minimum Gasteiger partial charge on any atom is -0.483 e. The number of benzene rings is 2. The number of hydrogen-bond donors (Lipinski definition) is 1. The summed E-state index contributed by atoms with van der Waals surface area (Å²) in [4.78, 5) is 31.7. The Hall–Kier alpha value is -3.39. The maximum atomic E-state index is 12.9. The summed E-state index contributed by atoms with van der Waals surface area (Å²) in [6.45, 7) is 7.11. The van der Waals surface area contributed by atoms with E-state index in [0.29, 0.717) is 45.7 Å². The highest BCUT2D eigenvalue weighted by Gasteiger charge is 2.20. The number of aromatic nitrogens is 2. The zero-order valence-electron chi connectivity index (χ0n) is 19.9. The SMILES string of the molecule is Cc1ccc(C)c(OCC(=O)NCCCc2nc3ccccc3n2CC(=O)N2CCOCC2)c1. The smallest absolute Gasteiger partial charge is 0.257 e. The molecule has 0 unspecified atom stereocenters. The Labute approximate surface area is 199 Å². The fourth-order valence-electron chi connectivity index (χ4n) is 4.07. The first-order valence-corrected chi connectivity index (χ1v) is 11.8. The molecule has 4 rings (SSSR count). The molecule has 0 bridgehead atoms. The summed E-state index contributed by atoms with van der Waals surface area (Å²) in [7, 11) is 0. The van der Waals surface area contributed by atoms with Crippen LogP contribution in [0, 0.1) is 13.8 Å². The third-order valence-electron chi connectivity index (χ3n) is 5.99. The van der Waals surface area contributed by atoms with Gasteiger partial charge in [0.25, 0.3) is 5.91 Å². The number of nitrogens with zero attached hydrogens (tertiary/aromatic N) is 3. The first-order valence-electron chi connectivity index (χ1n) is 11.8. The minimum absolute atomic E-state index is 0.0170. The van der Waals surface area contributed by atoms with Gasteiger partial charge in [0.1, 0.15) is 18.1 Å². The third-order valence-corrected chi connectivity index (χ3v) is 5.99. The number of aryl methyl sites for hydroxylation is 3. The summed E-state index contributed by atoms with van der Waals surface area (Å²) in [5.41, 5.74) is 3.92. The van der Waals surface area contributed by atoms with Crippen molar-refractivity contribution in [3.05, 3.63) is 59.4 Å². The van der Waals surface area contributed by atoms with E-state index in [1.807, 2.05) is 65.8 Å². The standard InChI is InChI=1S/C26H32N4O4/c1-19-9-10-20(2)23(16-19)34-18-25(31)27-11-5-8-24-28-21-6-3-4-7-22(21)30(24)17-26(32)29-12-14-33-15-13-29/h3-4,6-7,9-10,16H,5,8,11-15,17-18H2,1-2H3,(H,27,31). The van der Waals surface area contributed by atoms with Crippen LogP contribution in [-0.2, 0) is 27.3 Å². The molecular formula is C26H32N4O4. The summed E-state index contributed by atoms with van der Waals surface area (Å²) in [5.74, 6) is 1.50. The number of fused-ring (bicyclic) bond motifs is 1. The first kappa shape index (κ1) is 23.8. The Balaban J connectivity index is 1.31. The number of ether oxygens (including phenoxy) is 2. The minimum atomic E-state index is -0.156. The Morgan fingerprint density at radius 3 is 2.74 bits per heavy atom. The van der Waals surface area contributed by atoms with E-state index in [4.69, 9.17) is 14.5 Å². The molecule has 0 atom stereocenters. The summed E-state index contributed by atoms with van der Waals surface area (Å²) < 4.78 is 13.0. The van der Waals surface area contributed by atoms with Crippen LogP contribution in [0.5, 0.6) is 5.75 Å². The van der Waals surface area contributed by atoms with Gasteiger partial charge < -0.3 is 24.3 Å². The van der Waals surface area contributed by atoms with Gasteiger partial charge in [-0.15, -0.1) is 0 Å². The molecule has 3 aromatic rings. The lowest BCUT2D eigenvalue weighted by Gasteiger charge is -2.27. The van der Waals surface area contributed by atoms with E-state index in [1.54, 1.807) is 0 Å². The van der Waals surface area contributed by atoms with Crippen molar-refractivity contribution in [1.82, 2.24) is 19.8 Å². The van der Waals surface area contributed by atoms with Gasteiger partial charge in [-0.1, -0.05) is 24.3 Å². The van der Waals surface area contributed by atoms with Crippen LogP contribution in [-0.4, -0.2) is 65.7 Å². The zero-order valence-corrected chi connectivity index (χ0v) is 19.9. The van der Waals surface area contributed by atoms with Gasteiger partial charge in [0.05, 0.1) is 24.2 Å². The molecule has 0 aliphatic carbocycles. The van der Waals surface area contributed by atoms with Crippen molar-refractivity contribution in [2.45, 2.75) is 33.2 Å². The molecule has 1 N–H and O–H groups in total. The van der Waals surface area contributed by atoms with Crippen molar-refractivity contribution in [1.29, 1.82) is 0 Å². The van der Waals surface area contributed by atoms with Gasteiger partial charge in [-0.05, 0) is 49.6 Å². The number of morpholine rings is 1. The molecule has 1 fully saturated rings. The van der Waals surface area contributed by atoms with Gasteiger partial charge >= 0.3 is 0 Å². The van der Waals surface area contributed by atoms with E-state index < -0.39 is 0 Å². The number of para-hydroxylation sites is 2. The molecule has 1 aliphatic rings. The van der Waals surface area contributed by atoms with E-state index in [0.717, 1.165) is 33.7 Å². The number of amides is 2. The number of nitrogens with one attached hydrogen (secondary N) is 1. The molecule has 0 saturated carbocycles. The second kappa shape index (κ2) is 11.2. The molecule has 8 nitrogen and oxygen atoms in total. The fraction of sp³-hybridized carbons (Fsp3) is 0.423. The molecule has 34 heavy (non-hydrogen) atoms. The molecule has 1 aromatic heterocycles. The summed E-state index contributed by atoms with van der Waals surface area (Å²) in [5, 5.41) is 2.91. The van der Waals surface area contributed by atoms with Crippen LogP contribution in [0.1, 0.15) is 23.4 Å². The molecular weight excluding hydrogens is 432 g/mol. The lowest BCUT2D eigenvalue weighted by atomic mass is 10.1. The number of hydrogen-bond acceptors (Lipinski definition) is 5. The predicted molar refractivity (Wildman–Crippen MR) is 130 cm³/mol. The summed E-state index contributed by atoms with van der Waals surface area (Å²) in [6.07, 6.45) is 1.37. The van der Waals surface area contributed by atoms with Crippen LogP contribution >= 0.6 is 0 Å². The lowest BCUT2D eigenvalue weighted by Crippen LogP contribution is -2.42. The molecule has 1 saturated heterocycles. The number of carbonyl (C=O) groups excluding carboxylic acids is 2. The highest BCUT2D eigenvalue weighted by molar-refractivity contribution is 5.81. The Kier molecular flexibility index (Phi) is 7.80. The first-order chi connectivity index (χ1) is 16.5. The molecule has 2 amide bonds. The Bertz CT molecular complexity index is 1150. The van der Waals surface area contributed by atoms with Gasteiger partial charge in [0.2, 0.25) is 5.91 Å². The number of imidazole rings is 1. The van der Waals surface area contributed by atoms with Gasteiger partial charge in [-0.3, -0.25) is 9.59 Å². The van der Waals surface area contributed by atoms with Crippen LogP contribution in [0.2, 0.25) is 0 Å². The molecule has 2 heterocycles. The van der Waals surface area contributed by atoms with Crippen LogP contribution in [0.15, 0.2) is 42.5 Å². The summed E-state index contributed by atoms with van der Waals surface area (Å²) >= 11 is 0. The molecule has 1 aliphatic heterocycles. The van der Waals surface area contributed by atoms with Gasteiger partial charge in [0, 0.05) is 26.1 Å². The second-order valence-corrected chi connectivity index (χ2v) is 8.61. The third kappa shape index (κ3) is 5.94. The maximum absolute atomic E-state index is 12.9. The van der Waals surface area contributed by atoms with Gasteiger partial charge in [-0.25, -0.2) is 4.98 Å². The molecule has 2 aromatic carbocycles. The highest BCUT2D eigenvalue weighted by Crippen LogP contribution is 2.19. The molecule has 0 radical (unpaired) electrons. The van der Waals surface area contributed by atoms with Crippen molar-refractivity contribution in [3.8, 4) is 5.75 Å². The van der Waals surface area contributed by atoms with E-state index in [2.05, 4.69) is 5.32 Å². The topological polar surface area (TPSA) is 85.7 Å². The average molecular weight is 465 g/mol. The van der Waals surface area contributed by atoms with Crippen molar-refractivity contribution >= 4 is 22.8 Å². The van der Waals surface area contributed by atoms with Crippen molar-refractivity contribution in [2.24, 2.45) is 0 Å². The van der Waals surface area contributed by atoms with Crippen LogP contribution in [0.3, 0.4) is 0 Å². The molecule has 0 spiro atoms. The Morgan fingerprint density at radius 2 is 1.91 bits per heavy atom. The highest BCUT2D eigenvalue weighted by atomic mass is 16.5. The van der Waals surface area contributed by atoms with Crippen LogP contribution in [0.4, 0.5) is 0 Å². The largest absolute Gasteiger partial charge is 0.483 e. The quantitative estimate of drug-likeness (QED) is 0.492. The van der Waals surface area contributed by atoms with Crippen molar-refractivity contribution < 1.29 is 19.1 Å².